The van der Waals surface area contributed by atoms with Crippen molar-refractivity contribution < 1.29 is 23.9 Å². The molecule has 3 amide bonds. The molecule has 2 N–H and O–H groups in total. The van der Waals surface area contributed by atoms with Crippen molar-refractivity contribution in [3.63, 3.8) is 0 Å². The van der Waals surface area contributed by atoms with Crippen LogP contribution in [0.25, 0.3) is 0 Å². The van der Waals surface area contributed by atoms with Gasteiger partial charge in [-0.2, -0.15) is 0 Å². The molecule has 1 aliphatic heterocycles. The van der Waals surface area contributed by atoms with Gasteiger partial charge in [0.1, 0.15) is 5.75 Å². The van der Waals surface area contributed by atoms with Gasteiger partial charge in [-0.05, 0) is 18.6 Å². The van der Waals surface area contributed by atoms with Crippen LogP contribution in [0.15, 0.2) is 18.2 Å². The number of nitrogens with one attached hydrogen (secondary N) is 2. The van der Waals surface area contributed by atoms with Gasteiger partial charge in [-0.15, -0.1) is 0 Å². The minimum atomic E-state index is -0.779. The summed E-state index contributed by atoms with van der Waals surface area (Å²) in [6.45, 7) is 1.22. The van der Waals surface area contributed by atoms with E-state index in [0.717, 1.165) is 6.42 Å². The van der Waals surface area contributed by atoms with E-state index in [1.54, 1.807) is 23.1 Å². The topological polar surface area (TPSA) is 97.0 Å². The van der Waals surface area contributed by atoms with E-state index in [0.29, 0.717) is 36.7 Å². The largest absolute Gasteiger partial charge is 0.494 e. The van der Waals surface area contributed by atoms with E-state index in [2.05, 4.69) is 10.6 Å². The number of nitrogens with zero attached hydrogens (tertiary/aromatic N) is 1. The number of hydrogen-bond donors (Lipinski definition) is 2. The van der Waals surface area contributed by atoms with Crippen molar-refractivity contribution in [2.75, 3.05) is 44.1 Å². The van der Waals surface area contributed by atoms with Crippen LogP contribution >= 0.6 is 0 Å². The zero-order valence-electron chi connectivity index (χ0n) is 13.8. The van der Waals surface area contributed by atoms with Gasteiger partial charge in [0.25, 0.3) is 0 Å². The quantitative estimate of drug-likeness (QED) is 0.584. The molecular weight excluding hydrogens is 314 g/mol. The lowest BCUT2D eigenvalue weighted by Gasteiger charge is -2.19. The Morgan fingerprint density at radius 2 is 2.04 bits per heavy atom. The lowest BCUT2D eigenvalue weighted by molar-refractivity contribution is -0.136. The second kappa shape index (κ2) is 8.30. The van der Waals surface area contributed by atoms with E-state index in [1.165, 1.54) is 14.2 Å². The molecule has 2 rings (SSSR count). The average Bonchev–Trinajstić information content (AvgIpc) is 3.00. The highest BCUT2D eigenvalue weighted by molar-refractivity contribution is 6.39. The summed E-state index contributed by atoms with van der Waals surface area (Å²) >= 11 is 0. The fraction of sp³-hybridized carbons (Fsp3) is 0.438. The Morgan fingerprint density at radius 3 is 2.67 bits per heavy atom. The van der Waals surface area contributed by atoms with Crippen molar-refractivity contribution in [3.05, 3.63) is 18.2 Å². The van der Waals surface area contributed by atoms with E-state index >= 15 is 0 Å². The summed E-state index contributed by atoms with van der Waals surface area (Å²) in [7, 11) is 2.99. The molecule has 0 aromatic heterocycles. The number of benzene rings is 1. The van der Waals surface area contributed by atoms with Crippen LogP contribution in [-0.2, 0) is 19.1 Å². The molecule has 1 aromatic rings. The van der Waals surface area contributed by atoms with Crippen LogP contribution in [0.4, 0.5) is 11.4 Å². The van der Waals surface area contributed by atoms with Crippen LogP contribution in [0.2, 0.25) is 0 Å². The smallest absolute Gasteiger partial charge is 0.313 e. The molecule has 0 bridgehead atoms. The summed E-state index contributed by atoms with van der Waals surface area (Å²) < 4.78 is 10.1. The fourth-order valence-corrected chi connectivity index (χ4v) is 2.42. The number of hydrogen-bond acceptors (Lipinski definition) is 5. The maximum Gasteiger partial charge on any atom is 0.313 e. The molecule has 0 atom stereocenters. The van der Waals surface area contributed by atoms with Gasteiger partial charge in [0, 0.05) is 38.4 Å². The maximum atomic E-state index is 11.9. The molecule has 8 heteroatoms. The summed E-state index contributed by atoms with van der Waals surface area (Å²) in [5, 5.41) is 4.93. The average molecular weight is 335 g/mol. The summed E-state index contributed by atoms with van der Waals surface area (Å²) in [5.74, 6) is -1.02. The van der Waals surface area contributed by atoms with Crippen LogP contribution in [0.5, 0.6) is 5.75 Å². The number of rotatable bonds is 6. The molecule has 1 aromatic carbocycles. The normalized spacial score (nSPS) is 13.8. The van der Waals surface area contributed by atoms with E-state index in [-0.39, 0.29) is 12.5 Å². The molecule has 1 saturated heterocycles. The van der Waals surface area contributed by atoms with Gasteiger partial charge in [0.2, 0.25) is 5.91 Å². The first kappa shape index (κ1) is 17.7. The molecular formula is C16H21N3O5. The summed E-state index contributed by atoms with van der Waals surface area (Å²) in [5.41, 5.74) is 1.07. The van der Waals surface area contributed by atoms with E-state index in [4.69, 9.17) is 9.47 Å². The maximum absolute atomic E-state index is 11.9. The summed E-state index contributed by atoms with van der Waals surface area (Å²) in [6, 6.07) is 4.91. The standard InChI is InChI=1S/C16H21N3O5/c1-23-9-7-17-15(21)16(22)18-11-5-6-12(13(10-11)24-2)19-8-3-4-14(19)20/h5-6,10H,3-4,7-9H2,1-2H3,(H,17,21)(H,18,22). The number of carbonyl (C=O) groups is 3. The van der Waals surface area contributed by atoms with Crippen LogP contribution in [0.1, 0.15) is 12.8 Å². The van der Waals surface area contributed by atoms with E-state index in [1.807, 2.05) is 0 Å². The number of methoxy groups -OCH3 is 2. The molecule has 0 radical (unpaired) electrons. The van der Waals surface area contributed by atoms with Gasteiger partial charge < -0.3 is 25.0 Å². The third kappa shape index (κ3) is 4.23. The van der Waals surface area contributed by atoms with Crippen molar-refractivity contribution in [2.45, 2.75) is 12.8 Å². The first-order chi connectivity index (χ1) is 11.6. The van der Waals surface area contributed by atoms with Crippen LogP contribution in [0.3, 0.4) is 0 Å². The highest BCUT2D eigenvalue weighted by atomic mass is 16.5. The second-order valence-electron chi connectivity index (χ2n) is 5.24. The van der Waals surface area contributed by atoms with Crippen LogP contribution in [-0.4, -0.2) is 51.6 Å². The Morgan fingerprint density at radius 1 is 1.25 bits per heavy atom. The SMILES string of the molecule is COCCNC(=O)C(=O)Nc1ccc(N2CCCC2=O)c(OC)c1. The van der Waals surface area contributed by atoms with Crippen molar-refractivity contribution in [1.82, 2.24) is 5.32 Å². The molecule has 1 heterocycles. The Balaban J connectivity index is 2.05. The molecule has 0 unspecified atom stereocenters. The van der Waals surface area contributed by atoms with Gasteiger partial charge in [-0.25, -0.2) is 0 Å². The number of anilines is 2. The molecule has 24 heavy (non-hydrogen) atoms. The zero-order valence-corrected chi connectivity index (χ0v) is 13.8. The molecule has 130 valence electrons. The Hall–Kier alpha value is -2.61. The number of carbonyl (C=O) groups excluding carboxylic acids is 3. The molecule has 8 nitrogen and oxygen atoms in total. The van der Waals surface area contributed by atoms with Gasteiger partial charge in [-0.3, -0.25) is 14.4 Å². The van der Waals surface area contributed by atoms with Crippen molar-refractivity contribution in [1.29, 1.82) is 0 Å². The van der Waals surface area contributed by atoms with E-state index in [9.17, 15) is 14.4 Å². The van der Waals surface area contributed by atoms with Crippen LogP contribution in [0, 0.1) is 0 Å². The first-order valence-electron chi connectivity index (χ1n) is 7.63. The Kier molecular flexibility index (Phi) is 6.14. The summed E-state index contributed by atoms with van der Waals surface area (Å²) in [4.78, 5) is 37.0. The zero-order chi connectivity index (χ0) is 17.5. The monoisotopic (exact) mass is 335 g/mol. The molecule has 0 aliphatic carbocycles. The summed E-state index contributed by atoms with van der Waals surface area (Å²) in [6.07, 6.45) is 1.32. The van der Waals surface area contributed by atoms with Gasteiger partial charge in [0.15, 0.2) is 0 Å². The van der Waals surface area contributed by atoms with Crippen molar-refractivity contribution >= 4 is 29.1 Å². The predicted octanol–water partition coefficient (Wildman–Crippen LogP) is 0.523. The first-order valence-corrected chi connectivity index (χ1v) is 7.63. The van der Waals surface area contributed by atoms with Crippen LogP contribution < -0.4 is 20.3 Å². The van der Waals surface area contributed by atoms with Gasteiger partial charge in [0.05, 0.1) is 19.4 Å². The molecule has 1 aliphatic rings. The third-order valence-corrected chi connectivity index (χ3v) is 3.60. The lowest BCUT2D eigenvalue weighted by Crippen LogP contribution is -2.37. The Bertz CT molecular complexity index is 632. The molecule has 0 spiro atoms. The highest BCUT2D eigenvalue weighted by Gasteiger charge is 2.24. The van der Waals surface area contributed by atoms with E-state index < -0.39 is 11.8 Å². The minimum absolute atomic E-state index is 0.0441. The lowest BCUT2D eigenvalue weighted by atomic mass is 10.2. The second-order valence-corrected chi connectivity index (χ2v) is 5.24. The molecule has 0 saturated carbocycles. The van der Waals surface area contributed by atoms with Gasteiger partial charge >= 0.3 is 11.8 Å². The van der Waals surface area contributed by atoms with Crippen molar-refractivity contribution in [3.8, 4) is 5.75 Å². The number of amides is 3. The third-order valence-electron chi connectivity index (χ3n) is 3.60. The minimum Gasteiger partial charge on any atom is -0.494 e. The van der Waals surface area contributed by atoms with Crippen molar-refractivity contribution in [2.24, 2.45) is 0 Å². The highest BCUT2D eigenvalue weighted by Crippen LogP contribution is 2.33. The number of ether oxygens (including phenoxy) is 2. The van der Waals surface area contributed by atoms with Gasteiger partial charge in [-0.1, -0.05) is 0 Å². The fourth-order valence-electron chi connectivity index (χ4n) is 2.42. The Labute approximate surface area is 140 Å². The predicted molar refractivity (Wildman–Crippen MR) is 88.1 cm³/mol. The molecule has 1 fully saturated rings.